The van der Waals surface area contributed by atoms with Crippen LogP contribution in [-0.2, 0) is 0 Å². The van der Waals surface area contributed by atoms with Gasteiger partial charge in [0.05, 0.1) is 5.56 Å². The Kier molecular flexibility index (Phi) is 3.72. The first-order chi connectivity index (χ1) is 7.59. The van der Waals surface area contributed by atoms with Gasteiger partial charge in [-0.25, -0.2) is 4.79 Å². The van der Waals surface area contributed by atoms with Gasteiger partial charge in [-0.1, -0.05) is 13.8 Å². The van der Waals surface area contributed by atoms with Crippen LogP contribution in [0.25, 0.3) is 10.9 Å². The molecule has 0 saturated carbocycles. The molecule has 3 heteroatoms. The van der Waals surface area contributed by atoms with E-state index in [1.807, 2.05) is 39.8 Å². The van der Waals surface area contributed by atoms with Crippen molar-refractivity contribution in [2.75, 3.05) is 0 Å². The normalized spacial score (nSPS) is 9.75. The van der Waals surface area contributed by atoms with E-state index in [4.69, 9.17) is 5.11 Å². The Morgan fingerprint density at radius 2 is 1.75 bits per heavy atom. The van der Waals surface area contributed by atoms with Crippen molar-refractivity contribution in [2.24, 2.45) is 0 Å². The molecule has 2 rings (SSSR count). The molecule has 0 atom stereocenters. The fourth-order valence-electron chi connectivity index (χ4n) is 1.56. The van der Waals surface area contributed by atoms with Gasteiger partial charge in [0.2, 0.25) is 0 Å². The van der Waals surface area contributed by atoms with E-state index in [2.05, 4.69) is 4.98 Å². The van der Waals surface area contributed by atoms with Gasteiger partial charge in [-0.15, -0.1) is 0 Å². The first-order valence-corrected chi connectivity index (χ1v) is 5.41. The zero-order valence-corrected chi connectivity index (χ0v) is 10.1. The molecular weight excluding hydrogens is 202 g/mol. The lowest BCUT2D eigenvalue weighted by Gasteiger charge is -2.00. The molecule has 0 aliphatic carbocycles. The smallest absolute Gasteiger partial charge is 0.337 e. The second-order valence-electron chi connectivity index (χ2n) is 3.49. The Balaban J connectivity index is 0.000000606. The Morgan fingerprint density at radius 3 is 2.31 bits per heavy atom. The topological polar surface area (TPSA) is 53.1 Å². The number of aromatic carboxylic acids is 1. The molecule has 0 aliphatic heterocycles. The van der Waals surface area contributed by atoms with Crippen LogP contribution in [0.4, 0.5) is 0 Å². The number of H-pyrrole nitrogens is 1. The van der Waals surface area contributed by atoms with Crippen molar-refractivity contribution in [3.8, 4) is 0 Å². The summed E-state index contributed by atoms with van der Waals surface area (Å²) in [7, 11) is 0. The van der Waals surface area contributed by atoms with Crippen molar-refractivity contribution in [1.29, 1.82) is 0 Å². The fourth-order valence-corrected chi connectivity index (χ4v) is 1.56. The molecule has 1 aromatic carbocycles. The Morgan fingerprint density at radius 1 is 1.19 bits per heavy atom. The molecule has 86 valence electrons. The summed E-state index contributed by atoms with van der Waals surface area (Å²) < 4.78 is 0. The van der Waals surface area contributed by atoms with Gasteiger partial charge in [-0.3, -0.25) is 0 Å². The number of carboxylic acids is 1. The molecule has 0 saturated heterocycles. The van der Waals surface area contributed by atoms with Crippen LogP contribution in [0.3, 0.4) is 0 Å². The van der Waals surface area contributed by atoms with Crippen molar-refractivity contribution in [1.82, 2.24) is 4.98 Å². The summed E-state index contributed by atoms with van der Waals surface area (Å²) in [5.74, 6) is -0.889. The number of carbonyl (C=O) groups is 1. The summed E-state index contributed by atoms with van der Waals surface area (Å²) in [5.41, 5.74) is 3.49. The van der Waals surface area contributed by atoms with Gasteiger partial charge in [0, 0.05) is 17.1 Å². The molecule has 0 amide bonds. The number of fused-ring (bicyclic) bond motifs is 1. The number of aromatic amines is 1. The van der Waals surface area contributed by atoms with Crippen LogP contribution in [0.1, 0.15) is 35.3 Å². The zero-order chi connectivity index (χ0) is 12.3. The minimum Gasteiger partial charge on any atom is -0.478 e. The summed E-state index contributed by atoms with van der Waals surface area (Å²) in [4.78, 5) is 13.8. The van der Waals surface area contributed by atoms with Crippen LogP contribution in [0, 0.1) is 13.8 Å². The molecule has 0 radical (unpaired) electrons. The van der Waals surface area contributed by atoms with Gasteiger partial charge in [0.1, 0.15) is 0 Å². The molecule has 0 fully saturated rings. The van der Waals surface area contributed by atoms with E-state index in [0.29, 0.717) is 5.56 Å². The lowest BCUT2D eigenvalue weighted by molar-refractivity contribution is 0.0699. The quantitative estimate of drug-likeness (QED) is 0.771. The molecule has 0 spiro atoms. The van der Waals surface area contributed by atoms with Crippen molar-refractivity contribution >= 4 is 16.9 Å². The molecule has 0 unspecified atom stereocenters. The lowest BCUT2D eigenvalue weighted by Crippen LogP contribution is -1.93. The minimum absolute atomic E-state index is 0.336. The maximum atomic E-state index is 10.9. The highest BCUT2D eigenvalue weighted by Crippen LogP contribution is 2.22. The third-order valence-corrected chi connectivity index (χ3v) is 2.53. The number of aromatic nitrogens is 1. The highest BCUT2D eigenvalue weighted by atomic mass is 16.4. The predicted molar refractivity (Wildman–Crippen MR) is 66.1 cm³/mol. The van der Waals surface area contributed by atoms with E-state index in [1.54, 1.807) is 0 Å². The largest absolute Gasteiger partial charge is 0.478 e. The third-order valence-electron chi connectivity index (χ3n) is 2.53. The SMILES string of the molecule is CC.Cc1cc2[nH]cc(C(=O)O)c2cc1C. The molecule has 1 heterocycles. The molecule has 3 nitrogen and oxygen atoms in total. The molecule has 0 aliphatic rings. The van der Waals surface area contributed by atoms with Crippen molar-refractivity contribution in [3.05, 3.63) is 35.0 Å². The Hall–Kier alpha value is -1.77. The molecular formula is C13H17NO2. The highest BCUT2D eigenvalue weighted by molar-refractivity contribution is 6.03. The maximum absolute atomic E-state index is 10.9. The van der Waals surface area contributed by atoms with Gasteiger partial charge in [0.15, 0.2) is 0 Å². The third kappa shape index (κ3) is 2.08. The number of benzene rings is 1. The molecule has 1 aromatic heterocycles. The summed E-state index contributed by atoms with van der Waals surface area (Å²) in [6.45, 7) is 7.99. The first-order valence-electron chi connectivity index (χ1n) is 5.41. The van der Waals surface area contributed by atoms with E-state index in [1.165, 1.54) is 6.20 Å². The van der Waals surface area contributed by atoms with Crippen LogP contribution in [0.2, 0.25) is 0 Å². The molecule has 0 bridgehead atoms. The summed E-state index contributed by atoms with van der Waals surface area (Å²) in [5, 5.41) is 9.69. The van der Waals surface area contributed by atoms with Gasteiger partial charge in [0.25, 0.3) is 0 Å². The monoisotopic (exact) mass is 219 g/mol. The van der Waals surface area contributed by atoms with E-state index < -0.39 is 5.97 Å². The summed E-state index contributed by atoms with van der Waals surface area (Å²) >= 11 is 0. The second kappa shape index (κ2) is 4.84. The number of aryl methyl sites for hydroxylation is 2. The molecule has 2 aromatic rings. The minimum atomic E-state index is -0.889. The van der Waals surface area contributed by atoms with Crippen LogP contribution in [-0.4, -0.2) is 16.1 Å². The van der Waals surface area contributed by atoms with Crippen LogP contribution in [0.5, 0.6) is 0 Å². The number of rotatable bonds is 1. The van der Waals surface area contributed by atoms with Crippen LogP contribution in [0.15, 0.2) is 18.3 Å². The number of carboxylic acid groups (broad SMARTS) is 1. The van der Waals surface area contributed by atoms with E-state index >= 15 is 0 Å². The standard InChI is InChI=1S/C11H11NO2.C2H6/c1-6-3-8-9(11(13)14)5-12-10(8)4-7(6)2;1-2/h3-5,12H,1-2H3,(H,13,14);1-2H3. The molecule has 2 N–H and O–H groups in total. The van der Waals surface area contributed by atoms with E-state index in [0.717, 1.165) is 22.0 Å². The van der Waals surface area contributed by atoms with Gasteiger partial charge in [-0.2, -0.15) is 0 Å². The average molecular weight is 219 g/mol. The summed E-state index contributed by atoms with van der Waals surface area (Å²) in [6, 6.07) is 3.88. The van der Waals surface area contributed by atoms with Gasteiger partial charge in [-0.05, 0) is 37.1 Å². The second-order valence-corrected chi connectivity index (χ2v) is 3.49. The van der Waals surface area contributed by atoms with Crippen molar-refractivity contribution < 1.29 is 9.90 Å². The fraction of sp³-hybridized carbons (Fsp3) is 0.308. The van der Waals surface area contributed by atoms with E-state index in [-0.39, 0.29) is 0 Å². The van der Waals surface area contributed by atoms with Gasteiger partial charge >= 0.3 is 5.97 Å². The number of hydrogen-bond donors (Lipinski definition) is 2. The van der Waals surface area contributed by atoms with E-state index in [9.17, 15) is 4.79 Å². The lowest BCUT2D eigenvalue weighted by atomic mass is 10.1. The Bertz CT molecular complexity index is 512. The van der Waals surface area contributed by atoms with Gasteiger partial charge < -0.3 is 10.1 Å². The van der Waals surface area contributed by atoms with Crippen molar-refractivity contribution in [2.45, 2.75) is 27.7 Å². The first kappa shape index (κ1) is 12.3. The predicted octanol–water partition coefficient (Wildman–Crippen LogP) is 3.51. The average Bonchev–Trinajstić information content (AvgIpc) is 2.65. The van der Waals surface area contributed by atoms with Crippen LogP contribution >= 0.6 is 0 Å². The van der Waals surface area contributed by atoms with Crippen molar-refractivity contribution in [3.63, 3.8) is 0 Å². The zero-order valence-electron chi connectivity index (χ0n) is 10.1. The number of hydrogen-bond acceptors (Lipinski definition) is 1. The number of nitrogens with one attached hydrogen (secondary N) is 1. The highest BCUT2D eigenvalue weighted by Gasteiger charge is 2.10. The van der Waals surface area contributed by atoms with Crippen LogP contribution < -0.4 is 0 Å². The summed E-state index contributed by atoms with van der Waals surface area (Å²) in [6.07, 6.45) is 1.53. The molecule has 16 heavy (non-hydrogen) atoms. The maximum Gasteiger partial charge on any atom is 0.337 e. The Labute approximate surface area is 95.1 Å².